The molecule has 3 nitrogen and oxygen atoms in total. The topological polar surface area (TPSA) is 27.3 Å². The van der Waals surface area contributed by atoms with Gasteiger partial charge < -0.3 is 10.6 Å². The smallest absolute Gasteiger partial charge is 0.0495 e. The van der Waals surface area contributed by atoms with Gasteiger partial charge in [-0.05, 0) is 17.5 Å². The molecule has 0 unspecified atom stereocenters. The Bertz CT molecular complexity index is 301. The Hall–Kier alpha value is -0.900. The van der Waals surface area contributed by atoms with E-state index in [-0.39, 0.29) is 0 Å². The fraction of sp³-hybridized carbons (Fsp3) is 0.538. The summed E-state index contributed by atoms with van der Waals surface area (Å²) >= 11 is 0. The highest BCUT2D eigenvalue weighted by molar-refractivity contribution is 5.22. The second-order valence-electron chi connectivity index (χ2n) is 4.31. The normalized spacial score (nSPS) is 16.8. The second-order valence-corrected chi connectivity index (χ2v) is 4.31. The van der Waals surface area contributed by atoms with Crippen LogP contribution in [-0.2, 0) is 13.0 Å². The summed E-state index contributed by atoms with van der Waals surface area (Å²) in [6, 6.07) is 8.87. The van der Waals surface area contributed by atoms with Crippen LogP contribution in [0.15, 0.2) is 24.3 Å². The lowest BCUT2D eigenvalue weighted by Crippen LogP contribution is -2.32. The molecule has 0 amide bonds. The van der Waals surface area contributed by atoms with E-state index in [1.807, 2.05) is 0 Å². The Morgan fingerprint density at radius 2 is 2.00 bits per heavy atom. The molecule has 16 heavy (non-hydrogen) atoms. The van der Waals surface area contributed by atoms with Crippen molar-refractivity contribution >= 4 is 0 Å². The van der Waals surface area contributed by atoms with Crippen LogP contribution >= 0.6 is 0 Å². The SMILES string of the molecule is CCc1ccc(CNCN2CCNC2)cc1. The molecule has 2 N–H and O–H groups in total. The van der Waals surface area contributed by atoms with E-state index < -0.39 is 0 Å². The molecule has 0 aliphatic carbocycles. The van der Waals surface area contributed by atoms with Crippen LogP contribution in [0.2, 0.25) is 0 Å². The van der Waals surface area contributed by atoms with Crippen LogP contribution in [0.1, 0.15) is 18.1 Å². The summed E-state index contributed by atoms with van der Waals surface area (Å²) in [5.41, 5.74) is 2.77. The Morgan fingerprint density at radius 1 is 1.25 bits per heavy atom. The lowest BCUT2D eigenvalue weighted by molar-refractivity contribution is 0.305. The van der Waals surface area contributed by atoms with Crippen LogP contribution in [0.25, 0.3) is 0 Å². The molecule has 1 fully saturated rings. The molecule has 0 aromatic heterocycles. The van der Waals surface area contributed by atoms with Gasteiger partial charge in [-0.3, -0.25) is 4.90 Å². The first-order valence-electron chi connectivity index (χ1n) is 6.10. The molecule has 0 bridgehead atoms. The first-order chi connectivity index (χ1) is 7.88. The minimum Gasteiger partial charge on any atom is -0.303 e. The van der Waals surface area contributed by atoms with Gasteiger partial charge in [0.25, 0.3) is 0 Å². The van der Waals surface area contributed by atoms with Crippen molar-refractivity contribution in [3.05, 3.63) is 35.4 Å². The number of aryl methyl sites for hydroxylation is 1. The van der Waals surface area contributed by atoms with E-state index in [4.69, 9.17) is 0 Å². The summed E-state index contributed by atoms with van der Waals surface area (Å²) in [6.07, 6.45) is 1.12. The first-order valence-corrected chi connectivity index (χ1v) is 6.10. The summed E-state index contributed by atoms with van der Waals surface area (Å²) in [4.78, 5) is 2.38. The molecule has 0 spiro atoms. The van der Waals surface area contributed by atoms with Gasteiger partial charge in [0.2, 0.25) is 0 Å². The number of hydrogen-bond acceptors (Lipinski definition) is 3. The van der Waals surface area contributed by atoms with Gasteiger partial charge >= 0.3 is 0 Å². The molecule has 1 heterocycles. The van der Waals surface area contributed by atoms with Gasteiger partial charge in [0.15, 0.2) is 0 Å². The van der Waals surface area contributed by atoms with Crippen molar-refractivity contribution in [2.24, 2.45) is 0 Å². The molecule has 88 valence electrons. The Kier molecular flexibility index (Phi) is 4.34. The van der Waals surface area contributed by atoms with Gasteiger partial charge in [0.05, 0.1) is 0 Å². The van der Waals surface area contributed by atoms with Gasteiger partial charge in [-0.25, -0.2) is 0 Å². The van der Waals surface area contributed by atoms with Gasteiger partial charge in [-0.15, -0.1) is 0 Å². The highest BCUT2D eigenvalue weighted by Gasteiger charge is 2.08. The second kappa shape index (κ2) is 5.99. The maximum absolute atomic E-state index is 3.47. The maximum Gasteiger partial charge on any atom is 0.0495 e. The predicted octanol–water partition coefficient (Wildman–Crippen LogP) is 1.16. The van der Waals surface area contributed by atoms with E-state index in [1.165, 1.54) is 11.1 Å². The number of hydrogen-bond donors (Lipinski definition) is 2. The number of nitrogens with one attached hydrogen (secondary N) is 2. The number of benzene rings is 1. The van der Waals surface area contributed by atoms with Crippen LogP contribution in [-0.4, -0.2) is 31.3 Å². The third kappa shape index (κ3) is 3.30. The fourth-order valence-corrected chi connectivity index (χ4v) is 1.94. The standard InChI is InChI=1S/C13H21N3/c1-2-12-3-5-13(6-4-12)9-15-11-16-8-7-14-10-16/h3-6,14-15H,2,7-11H2,1H3. The number of nitrogens with zero attached hydrogens (tertiary/aromatic N) is 1. The summed E-state index contributed by atoms with van der Waals surface area (Å²) < 4.78 is 0. The van der Waals surface area contributed by atoms with Gasteiger partial charge in [0, 0.05) is 33.0 Å². The molecular formula is C13H21N3. The Morgan fingerprint density at radius 3 is 2.62 bits per heavy atom. The minimum absolute atomic E-state index is 0.959. The van der Waals surface area contributed by atoms with Crippen LogP contribution in [0.4, 0.5) is 0 Å². The molecule has 0 radical (unpaired) electrons. The largest absolute Gasteiger partial charge is 0.303 e. The highest BCUT2D eigenvalue weighted by atomic mass is 15.3. The van der Waals surface area contributed by atoms with Gasteiger partial charge in [-0.1, -0.05) is 31.2 Å². The lowest BCUT2D eigenvalue weighted by atomic mass is 10.1. The average Bonchev–Trinajstić information content (AvgIpc) is 2.83. The fourth-order valence-electron chi connectivity index (χ4n) is 1.94. The first kappa shape index (κ1) is 11.6. The van der Waals surface area contributed by atoms with E-state index in [2.05, 4.69) is 46.7 Å². The van der Waals surface area contributed by atoms with Crippen molar-refractivity contribution < 1.29 is 0 Å². The molecule has 3 heteroatoms. The van der Waals surface area contributed by atoms with Crippen molar-refractivity contribution in [2.75, 3.05) is 26.4 Å². The van der Waals surface area contributed by atoms with Crippen LogP contribution in [0, 0.1) is 0 Å². The van der Waals surface area contributed by atoms with Crippen molar-refractivity contribution in [3.63, 3.8) is 0 Å². The number of rotatable bonds is 5. The summed E-state index contributed by atoms with van der Waals surface area (Å²) in [6.45, 7) is 7.41. The quantitative estimate of drug-likeness (QED) is 0.778. The third-order valence-corrected chi connectivity index (χ3v) is 3.04. The van der Waals surface area contributed by atoms with Crippen molar-refractivity contribution in [3.8, 4) is 0 Å². The van der Waals surface area contributed by atoms with E-state index in [0.717, 1.165) is 39.4 Å². The molecule has 1 aliphatic heterocycles. The molecule has 0 saturated carbocycles. The maximum atomic E-state index is 3.47. The molecule has 1 aliphatic rings. The van der Waals surface area contributed by atoms with E-state index in [0.29, 0.717) is 0 Å². The van der Waals surface area contributed by atoms with E-state index in [9.17, 15) is 0 Å². The molecular weight excluding hydrogens is 198 g/mol. The van der Waals surface area contributed by atoms with Crippen molar-refractivity contribution in [2.45, 2.75) is 19.9 Å². The van der Waals surface area contributed by atoms with E-state index in [1.54, 1.807) is 0 Å². The van der Waals surface area contributed by atoms with Crippen LogP contribution in [0.3, 0.4) is 0 Å². The molecule has 1 aromatic rings. The zero-order valence-electron chi connectivity index (χ0n) is 10.00. The minimum atomic E-state index is 0.959. The zero-order valence-corrected chi connectivity index (χ0v) is 10.00. The van der Waals surface area contributed by atoms with Crippen LogP contribution in [0.5, 0.6) is 0 Å². The lowest BCUT2D eigenvalue weighted by Gasteiger charge is -2.14. The van der Waals surface area contributed by atoms with Crippen molar-refractivity contribution in [1.29, 1.82) is 0 Å². The summed E-state index contributed by atoms with van der Waals surface area (Å²) in [5.74, 6) is 0. The Balaban J connectivity index is 1.71. The summed E-state index contributed by atoms with van der Waals surface area (Å²) in [7, 11) is 0. The van der Waals surface area contributed by atoms with Gasteiger partial charge in [0.1, 0.15) is 0 Å². The highest BCUT2D eigenvalue weighted by Crippen LogP contribution is 2.04. The average molecular weight is 219 g/mol. The van der Waals surface area contributed by atoms with E-state index >= 15 is 0 Å². The van der Waals surface area contributed by atoms with Crippen molar-refractivity contribution in [1.82, 2.24) is 15.5 Å². The summed E-state index contributed by atoms with van der Waals surface area (Å²) in [5, 5.41) is 6.79. The molecule has 1 saturated heterocycles. The predicted molar refractivity (Wildman–Crippen MR) is 67.1 cm³/mol. The zero-order chi connectivity index (χ0) is 11.2. The van der Waals surface area contributed by atoms with Gasteiger partial charge in [-0.2, -0.15) is 0 Å². The molecule has 0 atom stereocenters. The monoisotopic (exact) mass is 219 g/mol. The molecule has 2 rings (SSSR count). The van der Waals surface area contributed by atoms with Crippen LogP contribution < -0.4 is 10.6 Å². The Labute approximate surface area is 97.8 Å². The third-order valence-electron chi connectivity index (χ3n) is 3.04. The molecule has 1 aromatic carbocycles.